The van der Waals surface area contributed by atoms with E-state index in [9.17, 15) is 9.59 Å². The van der Waals surface area contributed by atoms with Gasteiger partial charge in [0.05, 0.1) is 29.1 Å². The van der Waals surface area contributed by atoms with Gasteiger partial charge in [0.25, 0.3) is 11.8 Å². The van der Waals surface area contributed by atoms with E-state index in [0.29, 0.717) is 42.9 Å². The molecule has 138 valence electrons. The molecule has 1 saturated heterocycles. The molecule has 0 bridgehead atoms. The summed E-state index contributed by atoms with van der Waals surface area (Å²) in [6.45, 7) is 2.94. The summed E-state index contributed by atoms with van der Waals surface area (Å²) in [6.07, 6.45) is 4.80. The van der Waals surface area contributed by atoms with E-state index in [0.717, 1.165) is 31.5 Å². The van der Waals surface area contributed by atoms with Crippen LogP contribution in [0.25, 0.3) is 0 Å². The third-order valence-electron chi connectivity index (χ3n) is 5.33. The number of carbonyl (C=O) groups is 2. The standard InChI is InChI=1S/C20H21N5O2/c21-13-15-4-6-16(7-5-15)19(26)23-9-11-24(12-10-23)20(27)17-14-22-25-8-2-1-3-18(17)25/h4-7,14H,1-3,8-12H2. The van der Waals surface area contributed by atoms with Crippen LogP contribution in [0.15, 0.2) is 30.5 Å². The first-order valence-electron chi connectivity index (χ1n) is 9.31. The number of carbonyl (C=O) groups excluding carboxylic acids is 2. The van der Waals surface area contributed by atoms with E-state index in [1.165, 1.54) is 0 Å². The van der Waals surface area contributed by atoms with Crippen molar-refractivity contribution in [1.29, 1.82) is 5.26 Å². The Morgan fingerprint density at radius 3 is 2.26 bits per heavy atom. The van der Waals surface area contributed by atoms with E-state index in [1.54, 1.807) is 35.4 Å². The molecule has 3 heterocycles. The minimum atomic E-state index is -0.0606. The Morgan fingerprint density at radius 1 is 0.926 bits per heavy atom. The molecule has 0 radical (unpaired) electrons. The first-order chi connectivity index (χ1) is 13.2. The molecule has 2 aromatic rings. The van der Waals surface area contributed by atoms with Crippen molar-refractivity contribution < 1.29 is 9.59 Å². The monoisotopic (exact) mass is 363 g/mol. The average molecular weight is 363 g/mol. The number of benzene rings is 1. The molecule has 0 atom stereocenters. The molecular weight excluding hydrogens is 342 g/mol. The average Bonchev–Trinajstić information content (AvgIpc) is 3.17. The summed E-state index contributed by atoms with van der Waals surface area (Å²) in [7, 11) is 0. The number of nitrogens with zero attached hydrogens (tertiary/aromatic N) is 5. The van der Waals surface area contributed by atoms with Crippen molar-refractivity contribution in [3.8, 4) is 6.07 Å². The van der Waals surface area contributed by atoms with Crippen molar-refractivity contribution in [1.82, 2.24) is 19.6 Å². The van der Waals surface area contributed by atoms with E-state index < -0.39 is 0 Å². The van der Waals surface area contributed by atoms with Crippen LogP contribution < -0.4 is 0 Å². The molecule has 0 unspecified atom stereocenters. The van der Waals surface area contributed by atoms with Gasteiger partial charge in [-0.2, -0.15) is 10.4 Å². The number of nitriles is 1. The smallest absolute Gasteiger partial charge is 0.257 e. The highest BCUT2D eigenvalue weighted by molar-refractivity contribution is 5.96. The van der Waals surface area contributed by atoms with Gasteiger partial charge < -0.3 is 9.80 Å². The lowest BCUT2D eigenvalue weighted by atomic mass is 10.1. The molecule has 0 spiro atoms. The van der Waals surface area contributed by atoms with Crippen LogP contribution in [-0.2, 0) is 13.0 Å². The molecule has 4 rings (SSSR count). The van der Waals surface area contributed by atoms with Crippen LogP contribution in [0.1, 0.15) is 44.8 Å². The fraction of sp³-hybridized carbons (Fsp3) is 0.400. The maximum Gasteiger partial charge on any atom is 0.257 e. The quantitative estimate of drug-likeness (QED) is 0.813. The van der Waals surface area contributed by atoms with Crippen LogP contribution >= 0.6 is 0 Å². The molecule has 2 amide bonds. The number of hydrogen-bond acceptors (Lipinski definition) is 4. The van der Waals surface area contributed by atoms with Gasteiger partial charge in [-0.1, -0.05) is 0 Å². The van der Waals surface area contributed by atoms with Crippen LogP contribution in [-0.4, -0.2) is 57.6 Å². The Morgan fingerprint density at radius 2 is 1.59 bits per heavy atom. The fourth-order valence-corrected chi connectivity index (χ4v) is 3.75. The highest BCUT2D eigenvalue weighted by Crippen LogP contribution is 2.20. The van der Waals surface area contributed by atoms with Gasteiger partial charge in [-0.05, 0) is 43.5 Å². The first kappa shape index (κ1) is 17.3. The molecule has 2 aliphatic heterocycles. The molecule has 1 aromatic heterocycles. The van der Waals surface area contributed by atoms with E-state index in [2.05, 4.69) is 5.10 Å². The van der Waals surface area contributed by atoms with Gasteiger partial charge in [0.15, 0.2) is 0 Å². The molecule has 27 heavy (non-hydrogen) atoms. The summed E-state index contributed by atoms with van der Waals surface area (Å²) in [4.78, 5) is 29.1. The van der Waals surface area contributed by atoms with Gasteiger partial charge in [-0.15, -0.1) is 0 Å². The second kappa shape index (κ2) is 7.23. The van der Waals surface area contributed by atoms with Gasteiger partial charge >= 0.3 is 0 Å². The topological polar surface area (TPSA) is 82.2 Å². The van der Waals surface area contributed by atoms with Crippen LogP contribution in [0.4, 0.5) is 0 Å². The summed E-state index contributed by atoms with van der Waals surface area (Å²) >= 11 is 0. The highest BCUT2D eigenvalue weighted by Gasteiger charge is 2.28. The zero-order valence-electron chi connectivity index (χ0n) is 15.1. The third-order valence-corrected chi connectivity index (χ3v) is 5.33. The Hall–Kier alpha value is -3.14. The van der Waals surface area contributed by atoms with Crippen molar-refractivity contribution in [2.45, 2.75) is 25.8 Å². The van der Waals surface area contributed by atoms with E-state index in [1.807, 2.05) is 15.7 Å². The largest absolute Gasteiger partial charge is 0.335 e. The molecule has 2 aliphatic rings. The van der Waals surface area contributed by atoms with Crippen LogP contribution in [0.3, 0.4) is 0 Å². The van der Waals surface area contributed by atoms with E-state index in [4.69, 9.17) is 5.26 Å². The summed E-state index contributed by atoms with van der Waals surface area (Å²) in [6, 6.07) is 8.70. The second-order valence-corrected chi connectivity index (χ2v) is 6.96. The number of rotatable bonds is 2. The Bertz CT molecular complexity index is 901. The molecule has 0 aliphatic carbocycles. The number of amides is 2. The lowest BCUT2D eigenvalue weighted by molar-refractivity contribution is 0.0534. The Balaban J connectivity index is 1.40. The van der Waals surface area contributed by atoms with E-state index >= 15 is 0 Å². The SMILES string of the molecule is N#Cc1ccc(C(=O)N2CCN(C(=O)c3cnn4c3CCCC4)CC2)cc1. The fourth-order valence-electron chi connectivity index (χ4n) is 3.75. The van der Waals surface area contributed by atoms with Gasteiger partial charge in [0.2, 0.25) is 0 Å². The van der Waals surface area contributed by atoms with Gasteiger partial charge in [0, 0.05) is 38.3 Å². The van der Waals surface area contributed by atoms with Crippen molar-refractivity contribution in [3.05, 3.63) is 52.8 Å². The van der Waals surface area contributed by atoms with E-state index in [-0.39, 0.29) is 11.8 Å². The Kier molecular flexibility index (Phi) is 4.63. The van der Waals surface area contributed by atoms with Crippen molar-refractivity contribution in [2.75, 3.05) is 26.2 Å². The van der Waals surface area contributed by atoms with Crippen molar-refractivity contribution in [2.24, 2.45) is 0 Å². The highest BCUT2D eigenvalue weighted by atomic mass is 16.2. The maximum absolute atomic E-state index is 12.9. The number of fused-ring (bicyclic) bond motifs is 1. The zero-order chi connectivity index (χ0) is 18.8. The summed E-state index contributed by atoms with van der Waals surface area (Å²) < 4.78 is 1.95. The van der Waals surface area contributed by atoms with Crippen molar-refractivity contribution >= 4 is 11.8 Å². The molecule has 7 nitrogen and oxygen atoms in total. The van der Waals surface area contributed by atoms with Crippen LogP contribution in [0.5, 0.6) is 0 Å². The maximum atomic E-state index is 12.9. The van der Waals surface area contributed by atoms with Crippen LogP contribution in [0.2, 0.25) is 0 Å². The lowest BCUT2D eigenvalue weighted by Gasteiger charge is -2.35. The van der Waals surface area contributed by atoms with Gasteiger partial charge in [-0.3, -0.25) is 14.3 Å². The minimum Gasteiger partial charge on any atom is -0.335 e. The van der Waals surface area contributed by atoms with Gasteiger partial charge in [-0.25, -0.2) is 0 Å². The predicted octanol–water partition coefficient (Wildman–Crippen LogP) is 1.69. The molecule has 0 N–H and O–H groups in total. The normalized spacial score (nSPS) is 16.6. The zero-order valence-corrected chi connectivity index (χ0v) is 15.1. The third kappa shape index (κ3) is 3.31. The number of hydrogen-bond donors (Lipinski definition) is 0. The van der Waals surface area contributed by atoms with Crippen LogP contribution in [0, 0.1) is 11.3 Å². The molecule has 0 saturated carbocycles. The molecule has 1 fully saturated rings. The first-order valence-corrected chi connectivity index (χ1v) is 9.31. The number of aryl methyl sites for hydroxylation is 1. The summed E-state index contributed by atoms with van der Waals surface area (Å²) in [5, 5.41) is 13.2. The molecular formula is C20H21N5O2. The number of aromatic nitrogens is 2. The second-order valence-electron chi connectivity index (χ2n) is 6.96. The Labute approximate surface area is 157 Å². The molecule has 1 aromatic carbocycles. The lowest BCUT2D eigenvalue weighted by Crippen LogP contribution is -2.50. The summed E-state index contributed by atoms with van der Waals surface area (Å²) in [5.41, 5.74) is 2.86. The predicted molar refractivity (Wildman–Crippen MR) is 98.1 cm³/mol. The van der Waals surface area contributed by atoms with Crippen molar-refractivity contribution in [3.63, 3.8) is 0 Å². The minimum absolute atomic E-state index is 0.0172. The molecule has 7 heteroatoms. The van der Waals surface area contributed by atoms with Gasteiger partial charge in [0.1, 0.15) is 0 Å². The summed E-state index contributed by atoms with van der Waals surface area (Å²) in [5.74, 6) is -0.0434. The number of piperazine rings is 1.